The lowest BCUT2D eigenvalue weighted by Crippen LogP contribution is -1.70. The molecule has 0 spiro atoms. The summed E-state index contributed by atoms with van der Waals surface area (Å²) >= 11 is 0. The van der Waals surface area contributed by atoms with E-state index in [2.05, 4.69) is 0 Å². The second-order valence-electron chi connectivity index (χ2n) is 1.83. The number of aromatic hydroxyl groups is 4. The molecule has 0 fully saturated rings. The first kappa shape index (κ1) is 9.42. The van der Waals surface area contributed by atoms with Gasteiger partial charge >= 0.3 is 0 Å². The molecule has 4 nitrogen and oxygen atoms in total. The summed E-state index contributed by atoms with van der Waals surface area (Å²) in [4.78, 5) is 0. The van der Waals surface area contributed by atoms with Crippen molar-refractivity contribution in [1.29, 1.82) is 0 Å². The summed E-state index contributed by atoms with van der Waals surface area (Å²) in [6.07, 6.45) is 0. The summed E-state index contributed by atoms with van der Waals surface area (Å²) in [5, 5.41) is 34.8. The van der Waals surface area contributed by atoms with Crippen molar-refractivity contribution in [2.75, 3.05) is 0 Å². The van der Waals surface area contributed by atoms with Crippen LogP contribution in [0.2, 0.25) is 0 Å². The Bertz CT molecular complexity index is 207. The SMILES string of the molecule is C.Oc1cc(O)c(O)cc1O. The van der Waals surface area contributed by atoms with Crippen molar-refractivity contribution in [3.63, 3.8) is 0 Å². The Labute approximate surface area is 64.0 Å². The number of benzene rings is 1. The molecule has 0 aromatic heterocycles. The molecular formula is C7H10O4. The highest BCUT2D eigenvalue weighted by Gasteiger charge is 2.04. The zero-order valence-electron chi connectivity index (χ0n) is 4.94. The first-order valence-corrected chi connectivity index (χ1v) is 2.55. The van der Waals surface area contributed by atoms with E-state index in [9.17, 15) is 0 Å². The van der Waals surface area contributed by atoms with E-state index in [1.165, 1.54) is 0 Å². The fraction of sp³-hybridized carbons (Fsp3) is 0.143. The molecule has 0 bridgehead atoms. The predicted octanol–water partition coefficient (Wildman–Crippen LogP) is 1.15. The van der Waals surface area contributed by atoms with Gasteiger partial charge in [0.25, 0.3) is 0 Å². The molecule has 0 aliphatic heterocycles. The minimum Gasteiger partial charge on any atom is -0.504 e. The summed E-state index contributed by atoms with van der Waals surface area (Å²) in [5.74, 6) is -1.85. The van der Waals surface area contributed by atoms with E-state index in [0.717, 1.165) is 12.1 Å². The Hall–Kier alpha value is -1.58. The summed E-state index contributed by atoms with van der Waals surface area (Å²) in [7, 11) is 0. The van der Waals surface area contributed by atoms with E-state index in [4.69, 9.17) is 20.4 Å². The van der Waals surface area contributed by atoms with Crippen LogP contribution in [0.3, 0.4) is 0 Å². The fourth-order valence-electron chi connectivity index (χ4n) is 0.555. The normalized spacial score (nSPS) is 8.73. The minimum atomic E-state index is -0.463. The van der Waals surface area contributed by atoms with E-state index in [0.29, 0.717) is 0 Å². The quantitative estimate of drug-likeness (QED) is 0.337. The number of hydrogen-bond acceptors (Lipinski definition) is 4. The average Bonchev–Trinajstić information content (AvgIpc) is 1.84. The molecule has 11 heavy (non-hydrogen) atoms. The molecule has 0 heterocycles. The van der Waals surface area contributed by atoms with Crippen LogP contribution in [0.4, 0.5) is 0 Å². The van der Waals surface area contributed by atoms with Gasteiger partial charge in [-0.1, -0.05) is 7.43 Å². The zero-order chi connectivity index (χ0) is 7.72. The zero-order valence-corrected chi connectivity index (χ0v) is 4.94. The smallest absolute Gasteiger partial charge is 0.161 e. The molecule has 0 radical (unpaired) electrons. The van der Waals surface area contributed by atoms with Gasteiger partial charge in [0.2, 0.25) is 0 Å². The van der Waals surface area contributed by atoms with Crippen LogP contribution in [0, 0.1) is 0 Å². The van der Waals surface area contributed by atoms with Crippen molar-refractivity contribution >= 4 is 0 Å². The topological polar surface area (TPSA) is 80.9 Å². The second kappa shape index (κ2) is 3.01. The molecule has 0 aliphatic rings. The molecule has 0 unspecified atom stereocenters. The van der Waals surface area contributed by atoms with E-state index in [1.54, 1.807) is 0 Å². The molecule has 62 valence electrons. The van der Waals surface area contributed by atoms with Crippen LogP contribution >= 0.6 is 0 Å². The third kappa shape index (κ3) is 1.67. The summed E-state index contributed by atoms with van der Waals surface area (Å²) in [6, 6.07) is 1.70. The maximum Gasteiger partial charge on any atom is 0.161 e. The van der Waals surface area contributed by atoms with Gasteiger partial charge in [-0.25, -0.2) is 0 Å². The maximum atomic E-state index is 8.70. The van der Waals surface area contributed by atoms with Crippen LogP contribution in [0.15, 0.2) is 12.1 Å². The molecule has 1 aromatic rings. The molecule has 0 aliphatic carbocycles. The Kier molecular flexibility index (Phi) is 2.57. The van der Waals surface area contributed by atoms with Crippen molar-refractivity contribution in [2.45, 2.75) is 7.43 Å². The van der Waals surface area contributed by atoms with Crippen LogP contribution in [0.5, 0.6) is 23.0 Å². The number of phenolic OH excluding ortho intramolecular Hbond substituents is 4. The van der Waals surface area contributed by atoms with E-state index >= 15 is 0 Å². The summed E-state index contributed by atoms with van der Waals surface area (Å²) < 4.78 is 0. The first-order valence-electron chi connectivity index (χ1n) is 2.55. The van der Waals surface area contributed by atoms with E-state index < -0.39 is 23.0 Å². The lowest BCUT2D eigenvalue weighted by atomic mass is 10.3. The lowest BCUT2D eigenvalue weighted by molar-refractivity contribution is 0.373. The Morgan fingerprint density at radius 2 is 0.818 bits per heavy atom. The van der Waals surface area contributed by atoms with Crippen LogP contribution in [-0.2, 0) is 0 Å². The van der Waals surface area contributed by atoms with Gasteiger partial charge in [-0.3, -0.25) is 0 Å². The van der Waals surface area contributed by atoms with Gasteiger partial charge < -0.3 is 20.4 Å². The largest absolute Gasteiger partial charge is 0.504 e. The van der Waals surface area contributed by atoms with E-state index in [-0.39, 0.29) is 7.43 Å². The van der Waals surface area contributed by atoms with Gasteiger partial charge in [0.05, 0.1) is 0 Å². The van der Waals surface area contributed by atoms with Gasteiger partial charge in [0.15, 0.2) is 23.0 Å². The average molecular weight is 158 g/mol. The monoisotopic (exact) mass is 158 g/mol. The number of rotatable bonds is 0. The van der Waals surface area contributed by atoms with Crippen LogP contribution in [0.1, 0.15) is 7.43 Å². The highest BCUT2D eigenvalue weighted by molar-refractivity contribution is 5.51. The van der Waals surface area contributed by atoms with Crippen LogP contribution in [0.25, 0.3) is 0 Å². The Morgan fingerprint density at radius 3 is 1.00 bits per heavy atom. The van der Waals surface area contributed by atoms with Crippen molar-refractivity contribution < 1.29 is 20.4 Å². The van der Waals surface area contributed by atoms with Gasteiger partial charge in [-0.15, -0.1) is 0 Å². The first-order chi connectivity index (χ1) is 4.61. The Balaban J connectivity index is 0.000001000. The van der Waals surface area contributed by atoms with Gasteiger partial charge in [-0.05, 0) is 0 Å². The molecule has 1 rings (SSSR count). The van der Waals surface area contributed by atoms with Gasteiger partial charge in [0.1, 0.15) is 0 Å². The van der Waals surface area contributed by atoms with Crippen molar-refractivity contribution in [1.82, 2.24) is 0 Å². The molecule has 0 saturated heterocycles. The van der Waals surface area contributed by atoms with Crippen LogP contribution < -0.4 is 0 Å². The van der Waals surface area contributed by atoms with Crippen LogP contribution in [-0.4, -0.2) is 20.4 Å². The fourth-order valence-corrected chi connectivity index (χ4v) is 0.555. The standard InChI is InChI=1S/C6H6O4.CH4/c7-3-1-4(8)6(10)2-5(3)9;/h1-2,7-10H;1H4. The molecule has 4 N–H and O–H groups in total. The van der Waals surface area contributed by atoms with Crippen molar-refractivity contribution in [3.8, 4) is 23.0 Å². The lowest BCUT2D eigenvalue weighted by Gasteiger charge is -1.99. The molecule has 0 amide bonds. The summed E-state index contributed by atoms with van der Waals surface area (Å²) in [6.45, 7) is 0. The third-order valence-electron chi connectivity index (χ3n) is 1.07. The predicted molar refractivity (Wildman–Crippen MR) is 39.8 cm³/mol. The number of phenols is 4. The number of hydrogen-bond donors (Lipinski definition) is 4. The molecule has 4 heteroatoms. The summed E-state index contributed by atoms with van der Waals surface area (Å²) in [5.41, 5.74) is 0. The highest BCUT2D eigenvalue weighted by atomic mass is 16.3. The second-order valence-corrected chi connectivity index (χ2v) is 1.83. The van der Waals surface area contributed by atoms with Crippen molar-refractivity contribution in [3.05, 3.63) is 12.1 Å². The molecule has 1 aromatic carbocycles. The Morgan fingerprint density at radius 1 is 0.636 bits per heavy atom. The molecule has 0 atom stereocenters. The minimum absolute atomic E-state index is 0. The third-order valence-corrected chi connectivity index (χ3v) is 1.07. The van der Waals surface area contributed by atoms with E-state index in [1.807, 2.05) is 0 Å². The van der Waals surface area contributed by atoms with Gasteiger partial charge in [0, 0.05) is 12.1 Å². The molecular weight excluding hydrogens is 148 g/mol. The van der Waals surface area contributed by atoms with Gasteiger partial charge in [-0.2, -0.15) is 0 Å². The highest BCUT2D eigenvalue weighted by Crippen LogP contribution is 2.35. The maximum absolute atomic E-state index is 8.70. The van der Waals surface area contributed by atoms with Crippen molar-refractivity contribution in [2.24, 2.45) is 0 Å². The molecule has 0 saturated carbocycles.